The molecule has 14 heavy (non-hydrogen) atoms. The Morgan fingerprint density at radius 2 is 1.71 bits per heavy atom. The zero-order valence-corrected chi connectivity index (χ0v) is 11.1. The van der Waals surface area contributed by atoms with Gasteiger partial charge in [0.15, 0.2) is 0 Å². The smallest absolute Gasteiger partial charge is 0.0672 e. The number of fused-ring (bicyclic) bond motifs is 3. The van der Waals surface area contributed by atoms with Crippen LogP contribution in [0, 0.1) is 16.7 Å². The lowest BCUT2D eigenvalue weighted by Crippen LogP contribution is -2.40. The van der Waals surface area contributed by atoms with Crippen LogP contribution in [-0.2, 0) is 0 Å². The molecule has 0 N–H and O–H groups in total. The van der Waals surface area contributed by atoms with Crippen molar-refractivity contribution in [1.29, 1.82) is 0 Å². The molecule has 1 aliphatic heterocycles. The summed E-state index contributed by atoms with van der Waals surface area (Å²) in [6, 6.07) is 0. The molecule has 2 aliphatic carbocycles. The van der Waals surface area contributed by atoms with Gasteiger partial charge in [0, 0.05) is 11.5 Å². The molecule has 0 aromatic carbocycles. The van der Waals surface area contributed by atoms with E-state index in [0.29, 0.717) is 14.9 Å². The summed E-state index contributed by atoms with van der Waals surface area (Å²) < 4.78 is 0.611. The SMILES string of the molecule is CC1(C)[C@@H]2CC[C@@]1(C)C1(C2)SCCS1. The molecule has 0 amide bonds. The van der Waals surface area contributed by atoms with Crippen LogP contribution in [0.4, 0.5) is 0 Å². The first-order chi connectivity index (χ1) is 6.52. The highest BCUT2D eigenvalue weighted by molar-refractivity contribution is 8.21. The maximum absolute atomic E-state index is 2.57. The molecule has 1 heterocycles. The van der Waals surface area contributed by atoms with Crippen LogP contribution in [0.15, 0.2) is 0 Å². The highest BCUT2D eigenvalue weighted by Crippen LogP contribution is 2.77. The van der Waals surface area contributed by atoms with E-state index in [1.807, 2.05) is 0 Å². The Morgan fingerprint density at radius 3 is 2.14 bits per heavy atom. The molecule has 80 valence electrons. The Hall–Kier alpha value is 0.700. The molecule has 0 unspecified atom stereocenters. The van der Waals surface area contributed by atoms with Gasteiger partial charge in [0.05, 0.1) is 4.08 Å². The van der Waals surface area contributed by atoms with Crippen LogP contribution in [0.1, 0.15) is 40.0 Å². The average Bonchev–Trinajstić information content (AvgIpc) is 2.70. The lowest BCUT2D eigenvalue weighted by molar-refractivity contribution is 0.149. The molecule has 0 radical (unpaired) electrons. The second-order valence-corrected chi connectivity index (χ2v) is 8.99. The van der Waals surface area contributed by atoms with Gasteiger partial charge in [-0.2, -0.15) is 0 Å². The largest absolute Gasteiger partial charge is 0.143 e. The van der Waals surface area contributed by atoms with Crippen molar-refractivity contribution in [3.05, 3.63) is 0 Å². The summed E-state index contributed by atoms with van der Waals surface area (Å²) in [5, 5.41) is 0. The molecule has 2 heteroatoms. The second kappa shape index (κ2) is 2.68. The fraction of sp³-hybridized carbons (Fsp3) is 1.00. The van der Waals surface area contributed by atoms with E-state index in [0.717, 1.165) is 5.92 Å². The molecule has 0 aromatic heterocycles. The van der Waals surface area contributed by atoms with Crippen LogP contribution in [0.2, 0.25) is 0 Å². The third-order valence-electron chi connectivity index (χ3n) is 5.55. The number of hydrogen-bond acceptors (Lipinski definition) is 2. The van der Waals surface area contributed by atoms with Crippen LogP contribution in [0.3, 0.4) is 0 Å². The molecule has 2 atom stereocenters. The molecule has 0 nitrogen and oxygen atoms in total. The van der Waals surface area contributed by atoms with Crippen molar-refractivity contribution in [3.8, 4) is 0 Å². The fourth-order valence-electron chi connectivity index (χ4n) is 4.08. The van der Waals surface area contributed by atoms with Crippen molar-refractivity contribution in [2.75, 3.05) is 11.5 Å². The summed E-state index contributed by atoms with van der Waals surface area (Å²) in [4.78, 5) is 0. The Kier molecular flexibility index (Phi) is 1.90. The van der Waals surface area contributed by atoms with Crippen molar-refractivity contribution in [3.63, 3.8) is 0 Å². The van der Waals surface area contributed by atoms with Gasteiger partial charge in [-0.3, -0.25) is 0 Å². The minimum absolute atomic E-state index is 0.595. The number of rotatable bonds is 0. The van der Waals surface area contributed by atoms with Crippen LogP contribution in [0.25, 0.3) is 0 Å². The number of thioether (sulfide) groups is 2. The average molecular weight is 228 g/mol. The zero-order valence-electron chi connectivity index (χ0n) is 9.43. The predicted octanol–water partition coefficient (Wildman–Crippen LogP) is 4.01. The molecule has 2 saturated carbocycles. The maximum Gasteiger partial charge on any atom is 0.0672 e. The fourth-order valence-corrected chi connectivity index (χ4v) is 8.24. The van der Waals surface area contributed by atoms with Gasteiger partial charge >= 0.3 is 0 Å². The van der Waals surface area contributed by atoms with Gasteiger partial charge in [0.1, 0.15) is 0 Å². The highest BCUT2D eigenvalue weighted by Gasteiger charge is 2.69. The third-order valence-corrected chi connectivity index (χ3v) is 9.49. The van der Waals surface area contributed by atoms with Crippen LogP contribution in [0.5, 0.6) is 0 Å². The van der Waals surface area contributed by atoms with Crippen molar-refractivity contribution < 1.29 is 0 Å². The van der Waals surface area contributed by atoms with Crippen LogP contribution < -0.4 is 0 Å². The molecule has 3 rings (SSSR count). The van der Waals surface area contributed by atoms with E-state index in [-0.39, 0.29) is 0 Å². The Labute approximate surface area is 96.0 Å². The van der Waals surface area contributed by atoms with Gasteiger partial charge in [-0.05, 0) is 36.0 Å². The summed E-state index contributed by atoms with van der Waals surface area (Å²) in [5.74, 6) is 3.79. The Bertz CT molecular complexity index is 265. The molecule has 1 saturated heterocycles. The number of hydrogen-bond donors (Lipinski definition) is 0. The van der Waals surface area contributed by atoms with E-state index in [1.54, 1.807) is 0 Å². The minimum atomic E-state index is 0.595. The molecule has 1 spiro atoms. The van der Waals surface area contributed by atoms with Crippen LogP contribution >= 0.6 is 23.5 Å². The standard InChI is InChI=1S/C12H20S2/c1-10(2)9-4-5-11(10,3)12(8-9)13-6-7-14-12/h9H,4-8H2,1-3H3/t9-,11-/m1/s1. The van der Waals surface area contributed by atoms with Crippen molar-refractivity contribution in [1.82, 2.24) is 0 Å². The van der Waals surface area contributed by atoms with Crippen molar-refractivity contribution in [2.24, 2.45) is 16.7 Å². The summed E-state index contributed by atoms with van der Waals surface area (Å²) in [7, 11) is 0. The third kappa shape index (κ3) is 0.870. The first-order valence-corrected chi connectivity index (χ1v) is 7.77. The van der Waals surface area contributed by atoms with Gasteiger partial charge < -0.3 is 0 Å². The first-order valence-electron chi connectivity index (χ1n) is 5.80. The highest BCUT2D eigenvalue weighted by atomic mass is 32.2. The van der Waals surface area contributed by atoms with Gasteiger partial charge in [-0.25, -0.2) is 0 Å². The maximum atomic E-state index is 2.57. The van der Waals surface area contributed by atoms with E-state index in [1.165, 1.54) is 30.8 Å². The van der Waals surface area contributed by atoms with E-state index in [4.69, 9.17) is 0 Å². The lowest BCUT2D eigenvalue weighted by atomic mass is 9.70. The molecule has 0 aromatic rings. The second-order valence-electron chi connectivity index (χ2n) is 5.94. The van der Waals surface area contributed by atoms with E-state index in [2.05, 4.69) is 44.3 Å². The molecule has 3 fully saturated rings. The zero-order chi connectivity index (χ0) is 10.0. The monoisotopic (exact) mass is 228 g/mol. The molecular weight excluding hydrogens is 208 g/mol. The Balaban J connectivity index is 2.06. The molecular formula is C12H20S2. The minimum Gasteiger partial charge on any atom is -0.143 e. The quantitative estimate of drug-likeness (QED) is 0.614. The van der Waals surface area contributed by atoms with E-state index >= 15 is 0 Å². The van der Waals surface area contributed by atoms with E-state index in [9.17, 15) is 0 Å². The predicted molar refractivity (Wildman–Crippen MR) is 66.9 cm³/mol. The van der Waals surface area contributed by atoms with Gasteiger partial charge in [0.25, 0.3) is 0 Å². The normalized spacial score (nSPS) is 47.8. The van der Waals surface area contributed by atoms with Crippen molar-refractivity contribution >= 4 is 23.5 Å². The van der Waals surface area contributed by atoms with Crippen molar-refractivity contribution in [2.45, 2.75) is 44.1 Å². The van der Waals surface area contributed by atoms with Crippen LogP contribution in [-0.4, -0.2) is 15.6 Å². The van der Waals surface area contributed by atoms with Gasteiger partial charge in [-0.15, -0.1) is 23.5 Å². The van der Waals surface area contributed by atoms with Gasteiger partial charge in [0.2, 0.25) is 0 Å². The summed E-state index contributed by atoms with van der Waals surface area (Å²) in [6.45, 7) is 7.63. The molecule has 2 bridgehead atoms. The summed E-state index contributed by atoms with van der Waals surface area (Å²) in [6.07, 6.45) is 4.46. The lowest BCUT2D eigenvalue weighted by Gasteiger charge is -2.45. The molecule has 3 aliphatic rings. The summed E-state index contributed by atoms with van der Waals surface area (Å²) >= 11 is 4.56. The topological polar surface area (TPSA) is 0 Å². The van der Waals surface area contributed by atoms with Gasteiger partial charge in [-0.1, -0.05) is 20.8 Å². The van der Waals surface area contributed by atoms with E-state index < -0.39 is 0 Å². The summed E-state index contributed by atoms with van der Waals surface area (Å²) in [5.41, 5.74) is 1.20. The Morgan fingerprint density at radius 1 is 1.07 bits per heavy atom. The first kappa shape index (κ1) is 9.89.